The number of rotatable bonds is 3. The lowest BCUT2D eigenvalue weighted by Crippen LogP contribution is -2.38. The molecule has 2 N–H and O–H groups in total. The molecule has 14 heavy (non-hydrogen) atoms. The normalized spacial score (nSPS) is 27.0. The lowest BCUT2D eigenvalue weighted by Gasteiger charge is -2.13. The summed E-state index contributed by atoms with van der Waals surface area (Å²) in [5.41, 5.74) is 0. The first-order valence-electron chi connectivity index (χ1n) is 4.49. The molecule has 1 aliphatic heterocycles. The molecule has 0 saturated carbocycles. The fourth-order valence-corrected chi connectivity index (χ4v) is 2.45. The van der Waals surface area contributed by atoms with Crippen molar-refractivity contribution in [2.24, 2.45) is 0 Å². The molecule has 2 heterocycles. The van der Waals surface area contributed by atoms with Crippen molar-refractivity contribution < 1.29 is 9.84 Å². The molecule has 0 spiro atoms. The Labute approximate surface area is 91.7 Å². The Morgan fingerprint density at radius 1 is 1.57 bits per heavy atom. The summed E-state index contributed by atoms with van der Waals surface area (Å²) in [7, 11) is 0. The van der Waals surface area contributed by atoms with E-state index >= 15 is 0 Å². The molecule has 0 radical (unpaired) electrons. The van der Waals surface area contributed by atoms with E-state index in [0.717, 1.165) is 10.9 Å². The smallest absolute Gasteiger partial charge is 0.0948 e. The average molecular weight is 234 g/mol. The van der Waals surface area contributed by atoms with Gasteiger partial charge in [-0.3, -0.25) is 0 Å². The predicted molar refractivity (Wildman–Crippen MR) is 56.8 cm³/mol. The Bertz CT molecular complexity index is 305. The quantitative estimate of drug-likeness (QED) is 0.826. The fourth-order valence-electron chi connectivity index (χ4n) is 1.42. The summed E-state index contributed by atoms with van der Waals surface area (Å²) in [5, 5.41) is 12.7. The molecule has 0 amide bonds. The monoisotopic (exact) mass is 233 g/mol. The third-order valence-electron chi connectivity index (χ3n) is 2.22. The van der Waals surface area contributed by atoms with E-state index in [4.69, 9.17) is 16.3 Å². The third kappa shape index (κ3) is 2.46. The number of nitrogens with one attached hydrogen (secondary N) is 1. The van der Waals surface area contributed by atoms with Crippen LogP contribution in [-0.4, -0.2) is 30.5 Å². The minimum atomic E-state index is -0.384. The van der Waals surface area contributed by atoms with E-state index in [2.05, 4.69) is 5.32 Å². The number of thiophene rings is 1. The molecule has 78 valence electrons. The molecule has 1 aromatic heterocycles. The van der Waals surface area contributed by atoms with Crippen LogP contribution in [0.15, 0.2) is 12.1 Å². The molecule has 1 aliphatic rings. The highest BCUT2D eigenvalue weighted by Gasteiger charge is 2.25. The predicted octanol–water partition coefficient (Wildman–Crippen LogP) is 1.25. The van der Waals surface area contributed by atoms with Crippen LogP contribution in [0.1, 0.15) is 4.88 Å². The largest absolute Gasteiger partial charge is 0.389 e. The van der Waals surface area contributed by atoms with Gasteiger partial charge in [-0.2, -0.15) is 0 Å². The van der Waals surface area contributed by atoms with E-state index in [9.17, 15) is 5.11 Å². The van der Waals surface area contributed by atoms with Crippen molar-refractivity contribution in [1.82, 2.24) is 5.32 Å². The van der Waals surface area contributed by atoms with Crippen molar-refractivity contribution in [3.8, 4) is 0 Å². The standard InChI is InChI=1S/C9H12ClNO2S/c10-9-2-1-6(14-9)3-11-7-4-13-5-8(7)12/h1-2,7-8,11-12H,3-5H2/t7-,8-/m1/s1. The van der Waals surface area contributed by atoms with Crippen LogP contribution < -0.4 is 5.32 Å². The average Bonchev–Trinajstić information content (AvgIpc) is 2.72. The molecule has 5 heteroatoms. The van der Waals surface area contributed by atoms with Gasteiger partial charge in [-0.1, -0.05) is 11.6 Å². The highest BCUT2D eigenvalue weighted by Crippen LogP contribution is 2.21. The van der Waals surface area contributed by atoms with Crippen LogP contribution in [0.2, 0.25) is 4.34 Å². The summed E-state index contributed by atoms with van der Waals surface area (Å²) in [5.74, 6) is 0. The van der Waals surface area contributed by atoms with Gasteiger partial charge in [0.05, 0.1) is 29.7 Å². The molecule has 1 fully saturated rings. The summed E-state index contributed by atoms with van der Waals surface area (Å²) in [6, 6.07) is 3.92. The van der Waals surface area contributed by atoms with Crippen molar-refractivity contribution in [3.63, 3.8) is 0 Å². The van der Waals surface area contributed by atoms with Crippen molar-refractivity contribution in [1.29, 1.82) is 0 Å². The van der Waals surface area contributed by atoms with Crippen molar-refractivity contribution >= 4 is 22.9 Å². The zero-order valence-corrected chi connectivity index (χ0v) is 9.14. The fraction of sp³-hybridized carbons (Fsp3) is 0.556. The number of hydrogen-bond donors (Lipinski definition) is 2. The van der Waals surface area contributed by atoms with Crippen LogP contribution in [0.4, 0.5) is 0 Å². The molecular formula is C9H12ClNO2S. The summed E-state index contributed by atoms with van der Waals surface area (Å²) in [4.78, 5) is 1.18. The van der Waals surface area contributed by atoms with Crippen LogP contribution in [0.3, 0.4) is 0 Å². The van der Waals surface area contributed by atoms with Gasteiger partial charge < -0.3 is 15.2 Å². The van der Waals surface area contributed by atoms with E-state index in [1.165, 1.54) is 4.88 Å². The molecule has 1 saturated heterocycles. The first-order valence-corrected chi connectivity index (χ1v) is 5.68. The maximum absolute atomic E-state index is 9.46. The van der Waals surface area contributed by atoms with Crippen LogP contribution in [0.25, 0.3) is 0 Å². The molecule has 0 aliphatic carbocycles. The Hall–Kier alpha value is -0.130. The Balaban J connectivity index is 1.82. The highest BCUT2D eigenvalue weighted by molar-refractivity contribution is 7.16. The summed E-state index contributed by atoms with van der Waals surface area (Å²) in [6.45, 7) is 1.76. The molecule has 0 aromatic carbocycles. The zero-order chi connectivity index (χ0) is 9.97. The maximum Gasteiger partial charge on any atom is 0.0948 e. The van der Waals surface area contributed by atoms with Gasteiger partial charge in [0.1, 0.15) is 0 Å². The van der Waals surface area contributed by atoms with E-state index < -0.39 is 0 Å². The Kier molecular flexibility index (Phi) is 3.41. The molecule has 2 atom stereocenters. The third-order valence-corrected chi connectivity index (χ3v) is 3.45. The molecule has 0 unspecified atom stereocenters. The molecule has 2 rings (SSSR count). The first kappa shape index (κ1) is 10.4. The number of aliphatic hydroxyl groups is 1. The van der Waals surface area contributed by atoms with Gasteiger partial charge in [0, 0.05) is 11.4 Å². The van der Waals surface area contributed by atoms with Crippen LogP contribution in [0, 0.1) is 0 Å². The van der Waals surface area contributed by atoms with Gasteiger partial charge in [0.25, 0.3) is 0 Å². The maximum atomic E-state index is 9.46. The van der Waals surface area contributed by atoms with Crippen molar-refractivity contribution in [2.45, 2.75) is 18.7 Å². The molecule has 0 bridgehead atoms. The Morgan fingerprint density at radius 2 is 2.43 bits per heavy atom. The van der Waals surface area contributed by atoms with Crippen molar-refractivity contribution in [3.05, 3.63) is 21.3 Å². The summed E-state index contributed by atoms with van der Waals surface area (Å²) >= 11 is 7.35. The highest BCUT2D eigenvalue weighted by atomic mass is 35.5. The second-order valence-electron chi connectivity index (χ2n) is 3.30. The van der Waals surface area contributed by atoms with Gasteiger partial charge in [-0.05, 0) is 12.1 Å². The van der Waals surface area contributed by atoms with Gasteiger partial charge >= 0.3 is 0 Å². The second kappa shape index (κ2) is 4.59. The topological polar surface area (TPSA) is 41.5 Å². The minimum absolute atomic E-state index is 0.0517. The van der Waals surface area contributed by atoms with Crippen LogP contribution in [0.5, 0.6) is 0 Å². The second-order valence-corrected chi connectivity index (χ2v) is 5.10. The molecule has 1 aromatic rings. The van der Waals surface area contributed by atoms with E-state index in [1.807, 2.05) is 12.1 Å². The van der Waals surface area contributed by atoms with Gasteiger partial charge in [0.2, 0.25) is 0 Å². The number of hydrogen-bond acceptors (Lipinski definition) is 4. The number of ether oxygens (including phenoxy) is 1. The summed E-state index contributed by atoms with van der Waals surface area (Å²) in [6.07, 6.45) is -0.384. The first-order chi connectivity index (χ1) is 6.75. The van der Waals surface area contributed by atoms with Crippen LogP contribution >= 0.6 is 22.9 Å². The Morgan fingerprint density at radius 3 is 3.00 bits per heavy atom. The number of aliphatic hydroxyl groups excluding tert-OH is 1. The lowest BCUT2D eigenvalue weighted by molar-refractivity contribution is 0.122. The SMILES string of the molecule is O[C@@H]1COC[C@H]1NCc1ccc(Cl)s1. The van der Waals surface area contributed by atoms with Gasteiger partial charge in [0.15, 0.2) is 0 Å². The van der Waals surface area contributed by atoms with Crippen LogP contribution in [-0.2, 0) is 11.3 Å². The molecular weight excluding hydrogens is 222 g/mol. The zero-order valence-electron chi connectivity index (χ0n) is 7.57. The lowest BCUT2D eigenvalue weighted by atomic mass is 10.2. The van der Waals surface area contributed by atoms with Gasteiger partial charge in [-0.25, -0.2) is 0 Å². The summed E-state index contributed by atoms with van der Waals surface area (Å²) < 4.78 is 5.92. The van der Waals surface area contributed by atoms with E-state index in [-0.39, 0.29) is 12.1 Å². The minimum Gasteiger partial charge on any atom is -0.389 e. The van der Waals surface area contributed by atoms with Gasteiger partial charge in [-0.15, -0.1) is 11.3 Å². The van der Waals surface area contributed by atoms with E-state index in [0.29, 0.717) is 13.2 Å². The van der Waals surface area contributed by atoms with Crippen molar-refractivity contribution in [2.75, 3.05) is 13.2 Å². The number of halogens is 1. The van der Waals surface area contributed by atoms with E-state index in [1.54, 1.807) is 11.3 Å². The molecule has 3 nitrogen and oxygen atoms in total.